The number of nitrogens with one attached hydrogen (secondary N) is 2. The summed E-state index contributed by atoms with van der Waals surface area (Å²) in [5, 5.41) is 22.2. The number of carbonyl (C=O) groups is 2. The van der Waals surface area contributed by atoms with E-state index in [1.54, 1.807) is 49.4 Å². The summed E-state index contributed by atoms with van der Waals surface area (Å²) in [6.07, 6.45) is 0. The molecule has 0 bridgehead atoms. The van der Waals surface area contributed by atoms with Crippen molar-refractivity contribution in [3.63, 3.8) is 0 Å². The summed E-state index contributed by atoms with van der Waals surface area (Å²) >= 11 is 5.83. The first kappa shape index (κ1) is 43.1. The predicted molar refractivity (Wildman–Crippen MR) is 229 cm³/mol. The Morgan fingerprint density at radius 1 is 0.922 bits per heavy atom. The zero-order valence-electron chi connectivity index (χ0n) is 33.7. The van der Waals surface area contributed by atoms with Crippen LogP contribution in [-0.4, -0.2) is 51.7 Å². The van der Waals surface area contributed by atoms with E-state index in [2.05, 4.69) is 25.0 Å². The average molecular weight is 907 g/mol. The normalized spacial score (nSPS) is 14.4. The van der Waals surface area contributed by atoms with Crippen molar-refractivity contribution in [2.24, 2.45) is 5.14 Å². The van der Waals surface area contributed by atoms with Crippen LogP contribution < -0.4 is 26.8 Å². The van der Waals surface area contributed by atoms with Gasteiger partial charge < -0.3 is 28.7 Å². The Balaban J connectivity index is 0.000000214. The Morgan fingerprint density at radius 2 is 1.64 bits per heavy atom. The number of esters is 1. The van der Waals surface area contributed by atoms with Crippen molar-refractivity contribution in [3.05, 3.63) is 175 Å². The van der Waals surface area contributed by atoms with Crippen molar-refractivity contribution < 1.29 is 45.9 Å². The third kappa shape index (κ3) is 8.47. The molecule has 64 heavy (non-hydrogen) atoms. The van der Waals surface area contributed by atoms with E-state index in [-0.39, 0.29) is 39.2 Å². The second kappa shape index (κ2) is 17.3. The molecule has 326 valence electrons. The number of H-pyrrole nitrogens is 1. The largest absolute Gasteiger partial charge is 0.519 e. The molecule has 20 heteroatoms. The Labute approximate surface area is 366 Å². The Kier molecular flexibility index (Phi) is 11.6. The molecule has 1 amide bonds. The predicted octanol–water partition coefficient (Wildman–Crippen LogP) is 5.63. The SMILES string of the molecule is CCOc1nc2cccc(C(=O)OCc3oc(=O)oc3C)c2n1Cc1ccc(-c2ccccc2-c2noc(=O)[nH]2)cc1.NS(=O)(=O)c1cc(C2(O)NC(=O)c3ccccc32)ccc1Cl. The van der Waals surface area contributed by atoms with Gasteiger partial charge in [-0.2, -0.15) is 4.98 Å². The van der Waals surface area contributed by atoms with Gasteiger partial charge in [-0.05, 0) is 60.9 Å². The van der Waals surface area contributed by atoms with E-state index in [9.17, 15) is 32.7 Å². The number of amides is 1. The fourth-order valence-electron chi connectivity index (χ4n) is 7.16. The van der Waals surface area contributed by atoms with Gasteiger partial charge in [0.15, 0.2) is 29.7 Å². The van der Waals surface area contributed by atoms with Gasteiger partial charge in [0.05, 0.1) is 34.8 Å². The molecule has 8 aromatic rings. The number of nitrogens with two attached hydrogens (primary N) is 1. The number of sulfonamides is 1. The Bertz CT molecular complexity index is 3320. The molecule has 0 spiro atoms. The smallest absolute Gasteiger partial charge is 0.465 e. The van der Waals surface area contributed by atoms with Gasteiger partial charge in [-0.15, -0.1) is 0 Å². The van der Waals surface area contributed by atoms with E-state index in [0.29, 0.717) is 47.1 Å². The molecule has 1 aliphatic heterocycles. The molecule has 4 heterocycles. The number of aromatic amines is 1. The van der Waals surface area contributed by atoms with Crippen LogP contribution in [0, 0.1) is 6.92 Å². The lowest BCUT2D eigenvalue weighted by Gasteiger charge is -2.25. The van der Waals surface area contributed by atoms with E-state index in [0.717, 1.165) is 28.3 Å². The van der Waals surface area contributed by atoms with Gasteiger partial charge >= 0.3 is 17.5 Å². The number of ether oxygens (including phenoxy) is 2. The number of para-hydroxylation sites is 1. The molecule has 1 aliphatic rings. The second-order valence-electron chi connectivity index (χ2n) is 14.2. The number of imidazole rings is 1. The minimum atomic E-state index is -4.06. The number of aromatic nitrogens is 4. The molecule has 1 atom stereocenters. The highest BCUT2D eigenvalue weighted by Crippen LogP contribution is 2.37. The molecule has 0 saturated carbocycles. The standard InChI is InChI=1S/C30H24N4O8.C14H11ClN2O4S/c1-3-38-28-31-23-10-6-9-22(27(35)39-16-24-17(2)40-30(37)41-24)25(23)34(28)15-18-11-13-19(14-12-18)20-7-4-5-8-21(20)26-32-29(36)42-33-26;15-11-6-5-8(7-12(11)22(16,20)21)14(19)10-4-2-1-3-9(10)13(18)17-14/h4-14H,3,15-16H2,1-2H3,(H,32,33,36);1-7,19H,(H,17,18)(H2,16,20,21). The Morgan fingerprint density at radius 3 is 2.31 bits per heavy atom. The van der Waals surface area contributed by atoms with E-state index in [1.807, 2.05) is 60.0 Å². The van der Waals surface area contributed by atoms with Crippen molar-refractivity contribution in [1.29, 1.82) is 0 Å². The molecular formula is C44H35ClN6O12S. The van der Waals surface area contributed by atoms with Crippen molar-refractivity contribution in [3.8, 4) is 28.5 Å². The van der Waals surface area contributed by atoms with Crippen LogP contribution in [0.15, 0.2) is 137 Å². The fraction of sp³-hybridized carbons (Fsp3) is 0.136. The van der Waals surface area contributed by atoms with E-state index >= 15 is 0 Å². The van der Waals surface area contributed by atoms with Crippen molar-refractivity contribution >= 4 is 44.5 Å². The third-order valence-corrected chi connectivity index (χ3v) is 11.5. The first-order valence-corrected chi connectivity index (χ1v) is 21.2. The van der Waals surface area contributed by atoms with Gasteiger partial charge in [-0.25, -0.2) is 27.9 Å². The number of hydrogen-bond acceptors (Lipinski definition) is 14. The highest BCUT2D eigenvalue weighted by atomic mass is 35.5. The maximum Gasteiger partial charge on any atom is 0.519 e. The van der Waals surface area contributed by atoms with Crippen LogP contribution in [0.2, 0.25) is 5.02 Å². The minimum Gasteiger partial charge on any atom is -0.465 e. The molecular weight excluding hydrogens is 872 g/mol. The molecule has 5 N–H and O–H groups in total. The lowest BCUT2D eigenvalue weighted by molar-refractivity contribution is 0.0442. The van der Waals surface area contributed by atoms with Gasteiger partial charge in [0.25, 0.3) is 11.9 Å². The molecule has 0 radical (unpaired) electrons. The minimum absolute atomic E-state index is 0.0625. The van der Waals surface area contributed by atoms with Crippen molar-refractivity contribution in [2.45, 2.75) is 37.6 Å². The zero-order valence-corrected chi connectivity index (χ0v) is 35.2. The van der Waals surface area contributed by atoms with E-state index in [1.165, 1.54) is 12.1 Å². The van der Waals surface area contributed by atoms with E-state index in [4.69, 9.17) is 35.0 Å². The van der Waals surface area contributed by atoms with Crippen LogP contribution in [0.5, 0.6) is 6.01 Å². The van der Waals surface area contributed by atoms with Crippen LogP contribution in [-0.2, 0) is 33.6 Å². The summed E-state index contributed by atoms with van der Waals surface area (Å²) in [6.45, 7) is 3.88. The number of halogens is 1. The summed E-state index contributed by atoms with van der Waals surface area (Å²) < 4.78 is 50.7. The number of aryl methyl sites for hydroxylation is 1. The van der Waals surface area contributed by atoms with Crippen LogP contribution >= 0.6 is 11.6 Å². The summed E-state index contributed by atoms with van der Waals surface area (Å²) in [5.74, 6) is -1.83. The van der Waals surface area contributed by atoms with Gasteiger partial charge in [0, 0.05) is 22.3 Å². The topological polar surface area (TPSA) is 265 Å². The third-order valence-electron chi connectivity index (χ3n) is 10.1. The maximum atomic E-state index is 13.2. The van der Waals surface area contributed by atoms with Gasteiger partial charge in [0.2, 0.25) is 10.0 Å². The van der Waals surface area contributed by atoms with Gasteiger partial charge in [0.1, 0.15) is 4.90 Å². The number of primary sulfonamides is 1. The molecule has 18 nitrogen and oxygen atoms in total. The number of nitrogens with zero attached hydrogens (tertiary/aromatic N) is 3. The Hall–Kier alpha value is -7.58. The zero-order chi connectivity index (χ0) is 45.3. The summed E-state index contributed by atoms with van der Waals surface area (Å²) in [7, 11) is -4.06. The van der Waals surface area contributed by atoms with Crippen LogP contribution in [0.1, 0.15) is 55.9 Å². The summed E-state index contributed by atoms with van der Waals surface area (Å²) in [5.41, 5.74) is 3.77. The number of carbonyl (C=O) groups excluding carboxylic acids is 2. The second-order valence-corrected chi connectivity index (χ2v) is 16.1. The van der Waals surface area contributed by atoms with Crippen LogP contribution in [0.4, 0.5) is 0 Å². The summed E-state index contributed by atoms with van der Waals surface area (Å²) in [4.78, 5) is 54.9. The number of benzene rings is 5. The quantitative estimate of drug-likeness (QED) is 0.115. The number of aliphatic hydroxyl groups is 1. The number of fused-ring (bicyclic) bond motifs is 2. The highest BCUT2D eigenvalue weighted by Gasteiger charge is 2.43. The van der Waals surface area contributed by atoms with Crippen molar-refractivity contribution in [1.82, 2.24) is 25.0 Å². The molecule has 0 saturated heterocycles. The maximum absolute atomic E-state index is 13.2. The summed E-state index contributed by atoms with van der Waals surface area (Å²) in [6, 6.07) is 31.3. The first-order chi connectivity index (χ1) is 30.6. The monoisotopic (exact) mass is 906 g/mol. The van der Waals surface area contributed by atoms with Crippen LogP contribution in [0.3, 0.4) is 0 Å². The molecule has 1 unspecified atom stereocenters. The fourth-order valence-corrected chi connectivity index (χ4v) is 8.23. The molecule has 0 fully saturated rings. The molecule has 5 aromatic carbocycles. The van der Waals surface area contributed by atoms with Gasteiger partial charge in [-0.3, -0.25) is 18.9 Å². The van der Waals surface area contributed by atoms with Crippen molar-refractivity contribution in [2.75, 3.05) is 6.61 Å². The first-order valence-electron chi connectivity index (χ1n) is 19.2. The molecule has 0 aliphatic carbocycles. The molecule has 3 aromatic heterocycles. The van der Waals surface area contributed by atoms with Gasteiger partial charge in [-0.1, -0.05) is 95.6 Å². The average Bonchev–Trinajstić information content (AvgIpc) is 4.03. The van der Waals surface area contributed by atoms with E-state index < -0.39 is 39.2 Å². The highest BCUT2D eigenvalue weighted by molar-refractivity contribution is 7.89. The number of rotatable bonds is 11. The molecule has 9 rings (SSSR count). The number of hydrogen-bond donors (Lipinski definition) is 4. The van der Waals surface area contributed by atoms with Crippen LogP contribution in [0.25, 0.3) is 33.5 Å². The lowest BCUT2D eigenvalue weighted by atomic mass is 9.94. The lowest BCUT2D eigenvalue weighted by Crippen LogP contribution is -2.40.